The van der Waals surface area contributed by atoms with Crippen LogP contribution in [0.5, 0.6) is 0 Å². The normalized spacial score (nSPS) is 24.9. The zero-order valence-electron chi connectivity index (χ0n) is 15.7. The van der Waals surface area contributed by atoms with Crippen molar-refractivity contribution < 1.29 is 4.79 Å². The lowest BCUT2D eigenvalue weighted by atomic mass is 9.99. The molecular weight excluding hydrogens is 326 g/mol. The van der Waals surface area contributed by atoms with E-state index in [1.54, 1.807) is 12.4 Å². The molecule has 2 aromatic rings. The largest absolute Gasteiger partial charge is 0.366 e. The fraction of sp³-hybridized carbons (Fsp3) is 0.550. The number of pyridine rings is 1. The molecule has 6 heteroatoms. The van der Waals surface area contributed by atoms with E-state index in [4.69, 9.17) is 0 Å². The van der Waals surface area contributed by atoms with Gasteiger partial charge in [-0.25, -0.2) is 0 Å². The van der Waals surface area contributed by atoms with Gasteiger partial charge in [0.25, 0.3) is 5.91 Å². The second-order valence-electron chi connectivity index (χ2n) is 7.89. The molecule has 2 fully saturated rings. The lowest BCUT2D eigenvalue weighted by Crippen LogP contribution is -2.39. The molecule has 3 unspecified atom stereocenters. The summed E-state index contributed by atoms with van der Waals surface area (Å²) < 4.78 is 2.02. The van der Waals surface area contributed by atoms with Gasteiger partial charge in [0, 0.05) is 49.2 Å². The Bertz CT molecular complexity index is 799. The van der Waals surface area contributed by atoms with Gasteiger partial charge in [0.05, 0.1) is 17.4 Å². The SMILES string of the molecule is Cc1cncc(C(=O)NC2CCC3C2CCN3c2cnn(C(C)C)c2)c1. The van der Waals surface area contributed by atoms with E-state index < -0.39 is 0 Å². The fourth-order valence-corrected chi connectivity index (χ4v) is 4.47. The summed E-state index contributed by atoms with van der Waals surface area (Å²) in [7, 11) is 0. The van der Waals surface area contributed by atoms with E-state index in [-0.39, 0.29) is 11.9 Å². The predicted molar refractivity (Wildman–Crippen MR) is 101 cm³/mol. The number of hydrogen-bond donors (Lipinski definition) is 1. The first kappa shape index (κ1) is 17.1. The van der Waals surface area contributed by atoms with Crippen molar-refractivity contribution in [3.63, 3.8) is 0 Å². The van der Waals surface area contributed by atoms with E-state index in [0.29, 0.717) is 23.6 Å². The Kier molecular flexibility index (Phi) is 4.42. The minimum atomic E-state index is -0.00192. The second-order valence-corrected chi connectivity index (χ2v) is 7.89. The van der Waals surface area contributed by atoms with E-state index in [1.165, 1.54) is 5.69 Å². The van der Waals surface area contributed by atoms with Gasteiger partial charge in [0.2, 0.25) is 0 Å². The van der Waals surface area contributed by atoms with E-state index >= 15 is 0 Å². The molecule has 2 aliphatic rings. The molecule has 4 rings (SSSR count). The number of aromatic nitrogens is 3. The Hall–Kier alpha value is -2.37. The molecule has 1 N–H and O–H groups in total. The van der Waals surface area contributed by atoms with Crippen LogP contribution in [0.25, 0.3) is 0 Å². The number of hydrogen-bond acceptors (Lipinski definition) is 4. The zero-order chi connectivity index (χ0) is 18.3. The van der Waals surface area contributed by atoms with Gasteiger partial charge >= 0.3 is 0 Å². The highest BCUT2D eigenvalue weighted by atomic mass is 16.1. The van der Waals surface area contributed by atoms with E-state index in [2.05, 4.69) is 40.3 Å². The van der Waals surface area contributed by atoms with Crippen LogP contribution in [0.3, 0.4) is 0 Å². The molecule has 1 saturated heterocycles. The molecule has 1 saturated carbocycles. The summed E-state index contributed by atoms with van der Waals surface area (Å²) >= 11 is 0. The average Bonchev–Trinajstić information content (AvgIpc) is 3.31. The van der Waals surface area contributed by atoms with E-state index in [0.717, 1.165) is 31.4 Å². The van der Waals surface area contributed by atoms with Crippen LogP contribution in [0.1, 0.15) is 55.1 Å². The fourth-order valence-electron chi connectivity index (χ4n) is 4.47. The van der Waals surface area contributed by atoms with Crippen molar-refractivity contribution in [1.82, 2.24) is 20.1 Å². The minimum absolute atomic E-state index is 0.00192. The number of nitrogens with zero attached hydrogens (tertiary/aromatic N) is 4. The molecule has 26 heavy (non-hydrogen) atoms. The second kappa shape index (κ2) is 6.74. The molecule has 1 aliphatic carbocycles. The average molecular weight is 353 g/mol. The predicted octanol–water partition coefficient (Wildman–Crippen LogP) is 2.95. The third kappa shape index (κ3) is 3.08. The lowest BCUT2D eigenvalue weighted by Gasteiger charge is -2.25. The van der Waals surface area contributed by atoms with Crippen molar-refractivity contribution in [3.05, 3.63) is 42.0 Å². The van der Waals surface area contributed by atoms with Crippen molar-refractivity contribution in [1.29, 1.82) is 0 Å². The first-order valence-corrected chi connectivity index (χ1v) is 9.56. The number of carbonyl (C=O) groups excluding carboxylic acids is 1. The quantitative estimate of drug-likeness (QED) is 0.918. The summed E-state index contributed by atoms with van der Waals surface area (Å²) in [5.41, 5.74) is 2.87. The number of aryl methyl sites for hydroxylation is 1. The van der Waals surface area contributed by atoms with Crippen LogP contribution in [0.2, 0.25) is 0 Å². The van der Waals surface area contributed by atoms with Crippen molar-refractivity contribution in [2.45, 2.75) is 58.2 Å². The highest BCUT2D eigenvalue weighted by Crippen LogP contribution is 2.40. The smallest absolute Gasteiger partial charge is 0.253 e. The highest BCUT2D eigenvalue weighted by Gasteiger charge is 2.44. The summed E-state index contributed by atoms with van der Waals surface area (Å²) in [6, 6.07) is 3.02. The maximum atomic E-state index is 12.6. The van der Waals surface area contributed by atoms with Crippen LogP contribution in [0.15, 0.2) is 30.9 Å². The van der Waals surface area contributed by atoms with Crippen LogP contribution in [-0.2, 0) is 0 Å². The Morgan fingerprint density at radius 1 is 1.23 bits per heavy atom. The number of anilines is 1. The van der Waals surface area contributed by atoms with Crippen molar-refractivity contribution in [2.24, 2.45) is 5.92 Å². The van der Waals surface area contributed by atoms with Crippen molar-refractivity contribution in [3.8, 4) is 0 Å². The topological polar surface area (TPSA) is 63.1 Å². The van der Waals surface area contributed by atoms with Gasteiger partial charge in [0.15, 0.2) is 0 Å². The Morgan fingerprint density at radius 3 is 2.81 bits per heavy atom. The van der Waals surface area contributed by atoms with Crippen LogP contribution < -0.4 is 10.2 Å². The molecule has 0 aromatic carbocycles. The van der Waals surface area contributed by atoms with Gasteiger partial charge in [-0.05, 0) is 51.7 Å². The highest BCUT2D eigenvalue weighted by molar-refractivity contribution is 5.94. The zero-order valence-corrected chi connectivity index (χ0v) is 15.7. The molecule has 2 aromatic heterocycles. The van der Waals surface area contributed by atoms with Crippen molar-refractivity contribution >= 4 is 11.6 Å². The number of amides is 1. The van der Waals surface area contributed by atoms with Crippen LogP contribution in [-0.4, -0.2) is 39.3 Å². The summed E-state index contributed by atoms with van der Waals surface area (Å²) in [6.45, 7) is 7.29. The molecule has 1 amide bonds. The number of carbonyl (C=O) groups is 1. The minimum Gasteiger partial charge on any atom is -0.366 e. The van der Waals surface area contributed by atoms with E-state index in [1.807, 2.05) is 23.9 Å². The maximum Gasteiger partial charge on any atom is 0.253 e. The summed E-state index contributed by atoms with van der Waals surface area (Å²) in [4.78, 5) is 19.2. The molecular formula is C20H27N5O. The van der Waals surface area contributed by atoms with Gasteiger partial charge in [-0.3, -0.25) is 14.5 Å². The van der Waals surface area contributed by atoms with Crippen LogP contribution >= 0.6 is 0 Å². The molecule has 0 bridgehead atoms. The Balaban J connectivity index is 1.44. The third-order valence-electron chi connectivity index (χ3n) is 5.79. The summed E-state index contributed by atoms with van der Waals surface area (Å²) in [6.07, 6.45) is 10.8. The van der Waals surface area contributed by atoms with Gasteiger partial charge in [-0.15, -0.1) is 0 Å². The molecule has 3 heterocycles. The molecule has 1 aliphatic heterocycles. The Morgan fingerprint density at radius 2 is 2.08 bits per heavy atom. The van der Waals surface area contributed by atoms with Gasteiger partial charge in [0.1, 0.15) is 0 Å². The number of fused-ring (bicyclic) bond motifs is 1. The van der Waals surface area contributed by atoms with E-state index in [9.17, 15) is 4.79 Å². The number of nitrogens with one attached hydrogen (secondary N) is 1. The van der Waals surface area contributed by atoms with Gasteiger partial charge in [-0.2, -0.15) is 5.10 Å². The van der Waals surface area contributed by atoms with Gasteiger partial charge in [-0.1, -0.05) is 0 Å². The van der Waals surface area contributed by atoms with Crippen LogP contribution in [0.4, 0.5) is 5.69 Å². The molecule has 0 spiro atoms. The molecule has 138 valence electrons. The van der Waals surface area contributed by atoms with Gasteiger partial charge < -0.3 is 10.2 Å². The molecule has 0 radical (unpaired) electrons. The summed E-state index contributed by atoms with van der Waals surface area (Å²) in [5, 5.41) is 7.75. The first-order valence-electron chi connectivity index (χ1n) is 9.56. The first-order chi connectivity index (χ1) is 12.5. The van der Waals surface area contributed by atoms with Crippen molar-refractivity contribution in [2.75, 3.05) is 11.4 Å². The molecule has 6 nitrogen and oxygen atoms in total. The monoisotopic (exact) mass is 353 g/mol. The standard InChI is InChI=1S/C20H27N5O/c1-13(2)25-12-16(11-22-25)24-7-6-17-18(4-5-19(17)24)23-20(26)15-8-14(3)9-21-10-15/h8-13,17-19H,4-7H2,1-3H3,(H,23,26). The number of rotatable bonds is 4. The molecule has 3 atom stereocenters. The summed E-state index contributed by atoms with van der Waals surface area (Å²) in [5.74, 6) is 0.511. The maximum absolute atomic E-state index is 12.6. The Labute approximate surface area is 154 Å². The lowest BCUT2D eigenvalue weighted by molar-refractivity contribution is 0.0927. The third-order valence-corrected chi connectivity index (χ3v) is 5.79. The van der Waals surface area contributed by atoms with Crippen LogP contribution in [0, 0.1) is 12.8 Å².